The highest BCUT2D eigenvalue weighted by Crippen LogP contribution is 2.19. The molecule has 0 saturated heterocycles. The van der Waals surface area contributed by atoms with Crippen LogP contribution in [0.3, 0.4) is 0 Å². The van der Waals surface area contributed by atoms with Crippen LogP contribution < -0.4 is 4.90 Å². The number of aliphatic carboxylic acids is 1. The molecule has 4 nitrogen and oxygen atoms in total. The summed E-state index contributed by atoms with van der Waals surface area (Å²) in [6.07, 6.45) is 0.984. The second-order valence-corrected chi connectivity index (χ2v) is 5.68. The van der Waals surface area contributed by atoms with Gasteiger partial charge in [-0.25, -0.2) is 0 Å². The summed E-state index contributed by atoms with van der Waals surface area (Å²) in [6, 6.07) is 8.17. The van der Waals surface area contributed by atoms with Gasteiger partial charge in [-0.1, -0.05) is 17.7 Å². The minimum atomic E-state index is -0.770. The van der Waals surface area contributed by atoms with Gasteiger partial charge < -0.3 is 14.7 Å². The van der Waals surface area contributed by atoms with E-state index in [1.165, 1.54) is 5.56 Å². The summed E-state index contributed by atoms with van der Waals surface area (Å²) in [4.78, 5) is 12.9. The van der Waals surface area contributed by atoms with Gasteiger partial charge in [0.2, 0.25) is 0 Å². The van der Waals surface area contributed by atoms with Crippen molar-refractivity contribution in [1.82, 2.24) is 0 Å². The van der Waals surface area contributed by atoms with Crippen molar-refractivity contribution < 1.29 is 14.6 Å². The molecule has 0 amide bonds. The van der Waals surface area contributed by atoms with Crippen molar-refractivity contribution in [3.63, 3.8) is 0 Å². The lowest BCUT2D eigenvalue weighted by Gasteiger charge is -2.30. The molecule has 0 atom stereocenters. The zero-order valence-electron chi connectivity index (χ0n) is 12.8. The van der Waals surface area contributed by atoms with Gasteiger partial charge in [-0.2, -0.15) is 0 Å². The van der Waals surface area contributed by atoms with E-state index >= 15 is 0 Å². The van der Waals surface area contributed by atoms with E-state index in [2.05, 4.69) is 4.90 Å². The summed E-state index contributed by atoms with van der Waals surface area (Å²) in [7, 11) is 1.70. The molecule has 0 aromatic heterocycles. The molecule has 1 aromatic carbocycles. The van der Waals surface area contributed by atoms with Crippen molar-refractivity contribution in [1.29, 1.82) is 0 Å². The molecule has 0 heterocycles. The van der Waals surface area contributed by atoms with Gasteiger partial charge in [0.15, 0.2) is 0 Å². The molecular formula is C16H25NO3. The maximum atomic E-state index is 10.8. The third-order valence-electron chi connectivity index (χ3n) is 3.53. The Morgan fingerprint density at radius 2 is 1.85 bits per heavy atom. The summed E-state index contributed by atoms with van der Waals surface area (Å²) in [5.74, 6) is -0.770. The first kappa shape index (κ1) is 16.5. The minimum absolute atomic E-state index is 0.140. The first-order valence-corrected chi connectivity index (χ1v) is 6.92. The molecule has 4 heteroatoms. The number of hydrogen-bond donors (Lipinski definition) is 1. The van der Waals surface area contributed by atoms with Gasteiger partial charge in [0.25, 0.3) is 0 Å². The molecule has 0 spiro atoms. The predicted octanol–water partition coefficient (Wildman–Crippen LogP) is 3.09. The monoisotopic (exact) mass is 279 g/mol. The fourth-order valence-electron chi connectivity index (χ4n) is 1.86. The molecule has 0 aliphatic rings. The van der Waals surface area contributed by atoms with Crippen LogP contribution in [0.1, 0.15) is 32.3 Å². The predicted molar refractivity (Wildman–Crippen MR) is 81.3 cm³/mol. The van der Waals surface area contributed by atoms with Gasteiger partial charge in [0.1, 0.15) is 0 Å². The number of nitrogens with zero attached hydrogens (tertiary/aromatic N) is 1. The van der Waals surface area contributed by atoms with Crippen LogP contribution in [0.25, 0.3) is 0 Å². The number of aryl methyl sites for hydroxylation is 1. The minimum Gasteiger partial charge on any atom is -0.481 e. The quantitative estimate of drug-likeness (QED) is 0.794. The summed E-state index contributed by atoms with van der Waals surface area (Å²) < 4.78 is 5.43. The van der Waals surface area contributed by atoms with E-state index in [1.807, 2.05) is 45.0 Å². The Balaban J connectivity index is 2.74. The van der Waals surface area contributed by atoms with Crippen LogP contribution >= 0.6 is 0 Å². The molecule has 0 fully saturated rings. The zero-order chi connectivity index (χ0) is 15.2. The van der Waals surface area contributed by atoms with Crippen LogP contribution in [0.4, 0.5) is 5.69 Å². The Kier molecular flexibility index (Phi) is 6.02. The molecule has 112 valence electrons. The lowest BCUT2D eigenvalue weighted by atomic mass is 10.0. The molecule has 0 aliphatic carbocycles. The van der Waals surface area contributed by atoms with Crippen LogP contribution in [0, 0.1) is 6.92 Å². The Bertz CT molecular complexity index is 426. The Morgan fingerprint density at radius 1 is 1.25 bits per heavy atom. The van der Waals surface area contributed by atoms with Crippen LogP contribution in [-0.2, 0) is 9.53 Å². The van der Waals surface area contributed by atoms with E-state index in [0.717, 1.165) is 18.7 Å². The first-order chi connectivity index (χ1) is 9.34. The van der Waals surface area contributed by atoms with Crippen molar-refractivity contribution in [2.24, 2.45) is 0 Å². The third kappa shape index (κ3) is 5.61. The highest BCUT2D eigenvalue weighted by molar-refractivity contribution is 5.67. The van der Waals surface area contributed by atoms with Crippen LogP contribution in [0.5, 0.6) is 0 Å². The maximum Gasteiger partial charge on any atom is 0.305 e. The summed E-state index contributed by atoms with van der Waals surface area (Å²) >= 11 is 0. The smallest absolute Gasteiger partial charge is 0.305 e. The largest absolute Gasteiger partial charge is 0.481 e. The fourth-order valence-corrected chi connectivity index (χ4v) is 1.86. The maximum absolute atomic E-state index is 10.8. The second kappa shape index (κ2) is 7.29. The van der Waals surface area contributed by atoms with Gasteiger partial charge >= 0.3 is 5.97 Å². The molecule has 0 bridgehead atoms. The fraction of sp³-hybridized carbons (Fsp3) is 0.562. The van der Waals surface area contributed by atoms with Gasteiger partial charge in [0, 0.05) is 25.9 Å². The van der Waals surface area contributed by atoms with Crippen LogP contribution in [-0.4, -0.2) is 36.9 Å². The zero-order valence-corrected chi connectivity index (χ0v) is 12.8. The number of anilines is 1. The van der Waals surface area contributed by atoms with Crippen LogP contribution in [0.15, 0.2) is 24.3 Å². The number of carbonyl (C=O) groups is 1. The van der Waals surface area contributed by atoms with Gasteiger partial charge in [0.05, 0.1) is 12.0 Å². The standard InChI is InChI=1S/C16H25NO3/c1-13-5-7-14(8-6-13)17(11-9-15(18)19)12-10-16(2,3)20-4/h5-8H,9-12H2,1-4H3,(H,18,19). The second-order valence-electron chi connectivity index (χ2n) is 5.68. The molecule has 1 rings (SSSR count). The number of rotatable bonds is 8. The lowest BCUT2D eigenvalue weighted by Crippen LogP contribution is -2.33. The number of hydrogen-bond acceptors (Lipinski definition) is 3. The van der Waals surface area contributed by atoms with Gasteiger partial charge in [-0.3, -0.25) is 4.79 Å². The van der Waals surface area contributed by atoms with Crippen molar-refractivity contribution in [2.75, 3.05) is 25.1 Å². The summed E-state index contributed by atoms with van der Waals surface area (Å²) in [5.41, 5.74) is 2.06. The van der Waals surface area contributed by atoms with E-state index in [0.29, 0.717) is 6.54 Å². The topological polar surface area (TPSA) is 49.8 Å². The molecule has 0 saturated carbocycles. The Hall–Kier alpha value is -1.55. The van der Waals surface area contributed by atoms with Crippen molar-refractivity contribution in [3.05, 3.63) is 29.8 Å². The third-order valence-corrected chi connectivity index (χ3v) is 3.53. The molecular weight excluding hydrogens is 254 g/mol. The van der Waals surface area contributed by atoms with Crippen molar-refractivity contribution in [3.8, 4) is 0 Å². The van der Waals surface area contributed by atoms with E-state index in [4.69, 9.17) is 9.84 Å². The molecule has 20 heavy (non-hydrogen) atoms. The lowest BCUT2D eigenvalue weighted by molar-refractivity contribution is -0.136. The van der Waals surface area contributed by atoms with E-state index < -0.39 is 5.97 Å². The van der Waals surface area contributed by atoms with E-state index in [9.17, 15) is 4.79 Å². The number of methoxy groups -OCH3 is 1. The molecule has 1 aromatic rings. The number of ether oxygens (including phenoxy) is 1. The van der Waals surface area contributed by atoms with Gasteiger partial charge in [-0.05, 0) is 39.3 Å². The molecule has 0 unspecified atom stereocenters. The first-order valence-electron chi connectivity index (χ1n) is 6.92. The van der Waals surface area contributed by atoms with E-state index in [-0.39, 0.29) is 12.0 Å². The average molecular weight is 279 g/mol. The van der Waals surface area contributed by atoms with E-state index in [1.54, 1.807) is 7.11 Å². The summed E-state index contributed by atoms with van der Waals surface area (Å²) in [6.45, 7) is 7.41. The average Bonchev–Trinajstić information content (AvgIpc) is 2.40. The summed E-state index contributed by atoms with van der Waals surface area (Å²) in [5, 5.41) is 8.88. The molecule has 1 N–H and O–H groups in total. The SMILES string of the molecule is COC(C)(C)CCN(CCC(=O)O)c1ccc(C)cc1. The normalized spacial score (nSPS) is 11.4. The van der Waals surface area contributed by atoms with Crippen molar-refractivity contribution in [2.45, 2.75) is 39.2 Å². The highest BCUT2D eigenvalue weighted by Gasteiger charge is 2.18. The van der Waals surface area contributed by atoms with Crippen LogP contribution in [0.2, 0.25) is 0 Å². The Labute approximate surface area is 121 Å². The number of benzene rings is 1. The molecule has 0 radical (unpaired) electrons. The number of carboxylic acid groups (broad SMARTS) is 1. The Morgan fingerprint density at radius 3 is 2.35 bits per heavy atom. The highest BCUT2D eigenvalue weighted by atomic mass is 16.5. The molecule has 0 aliphatic heterocycles. The van der Waals surface area contributed by atoms with Gasteiger partial charge in [-0.15, -0.1) is 0 Å². The number of carboxylic acids is 1. The van der Waals surface area contributed by atoms with Crippen molar-refractivity contribution >= 4 is 11.7 Å².